The standard InChI is InChI=1S/C24H20ClN5O4/c1-33-20-12-9-17(13-27-20)21(16-7-10-18(25)11-8-16)22(28-29-26)23(31)30-19(14-34-24(30)32)15-5-3-2-4-6-15/h2-13,19,21-22H,14H2,1H3/t19-,21+,22?/m1/s1. The lowest BCUT2D eigenvalue weighted by atomic mass is 9.85. The molecule has 0 aliphatic carbocycles. The molecular weight excluding hydrogens is 458 g/mol. The van der Waals surface area contributed by atoms with Crippen molar-refractivity contribution in [3.63, 3.8) is 0 Å². The van der Waals surface area contributed by atoms with Crippen molar-refractivity contribution in [3.8, 4) is 5.88 Å². The van der Waals surface area contributed by atoms with Crippen LogP contribution in [0.4, 0.5) is 4.79 Å². The summed E-state index contributed by atoms with van der Waals surface area (Å²) >= 11 is 6.07. The van der Waals surface area contributed by atoms with Gasteiger partial charge in [0.15, 0.2) is 0 Å². The van der Waals surface area contributed by atoms with Gasteiger partial charge in [-0.05, 0) is 34.4 Å². The molecule has 1 aliphatic rings. The second kappa shape index (κ2) is 10.2. The number of rotatable bonds is 7. The number of cyclic esters (lactones) is 1. The Kier molecular flexibility index (Phi) is 6.96. The van der Waals surface area contributed by atoms with Gasteiger partial charge >= 0.3 is 6.09 Å². The van der Waals surface area contributed by atoms with Crippen LogP contribution in [0.15, 0.2) is 78.0 Å². The van der Waals surface area contributed by atoms with Gasteiger partial charge in [0.2, 0.25) is 11.8 Å². The molecule has 2 aromatic carbocycles. The van der Waals surface area contributed by atoms with Crippen LogP contribution in [0.25, 0.3) is 10.4 Å². The number of carbonyl (C=O) groups excluding carboxylic acids is 2. The number of methoxy groups -OCH3 is 1. The maximum atomic E-state index is 13.8. The molecule has 0 N–H and O–H groups in total. The summed E-state index contributed by atoms with van der Waals surface area (Å²) in [6.07, 6.45) is 0.752. The minimum absolute atomic E-state index is 0.00722. The summed E-state index contributed by atoms with van der Waals surface area (Å²) in [6, 6.07) is 17.3. The van der Waals surface area contributed by atoms with Gasteiger partial charge in [0.1, 0.15) is 18.7 Å². The Morgan fingerprint density at radius 2 is 1.88 bits per heavy atom. The van der Waals surface area contributed by atoms with E-state index >= 15 is 0 Å². The van der Waals surface area contributed by atoms with Crippen LogP contribution in [0.1, 0.15) is 28.7 Å². The van der Waals surface area contributed by atoms with Crippen LogP contribution in [-0.4, -0.2) is 41.6 Å². The number of ether oxygens (including phenoxy) is 2. The third-order valence-corrected chi connectivity index (χ3v) is 5.85. The van der Waals surface area contributed by atoms with Gasteiger partial charge in [0, 0.05) is 28.1 Å². The molecule has 1 fully saturated rings. The van der Waals surface area contributed by atoms with Crippen molar-refractivity contribution in [2.75, 3.05) is 13.7 Å². The molecule has 1 saturated heterocycles. The second-order valence-electron chi connectivity index (χ2n) is 7.52. The molecule has 10 heteroatoms. The van der Waals surface area contributed by atoms with Gasteiger partial charge in [0.25, 0.3) is 0 Å². The van der Waals surface area contributed by atoms with Crippen molar-refractivity contribution in [2.24, 2.45) is 5.11 Å². The number of azide groups is 1. The fraction of sp³-hybridized carbons (Fsp3) is 0.208. The van der Waals surface area contributed by atoms with Crippen LogP contribution in [0, 0.1) is 0 Å². The van der Waals surface area contributed by atoms with Gasteiger partial charge in [-0.1, -0.05) is 65.2 Å². The van der Waals surface area contributed by atoms with Crippen LogP contribution < -0.4 is 4.74 Å². The largest absolute Gasteiger partial charge is 0.481 e. The molecule has 0 spiro atoms. The zero-order valence-corrected chi connectivity index (χ0v) is 18.9. The van der Waals surface area contributed by atoms with Crippen molar-refractivity contribution < 1.29 is 19.1 Å². The van der Waals surface area contributed by atoms with Crippen LogP contribution in [-0.2, 0) is 9.53 Å². The lowest BCUT2D eigenvalue weighted by molar-refractivity contribution is -0.130. The number of carbonyl (C=O) groups is 2. The Labute approximate surface area is 200 Å². The topological polar surface area (TPSA) is 117 Å². The van der Waals surface area contributed by atoms with E-state index in [0.717, 1.165) is 10.5 Å². The average Bonchev–Trinajstić information content (AvgIpc) is 3.26. The lowest BCUT2D eigenvalue weighted by Crippen LogP contribution is -2.43. The van der Waals surface area contributed by atoms with E-state index in [2.05, 4.69) is 15.0 Å². The molecule has 3 atom stereocenters. The maximum absolute atomic E-state index is 13.8. The van der Waals surface area contributed by atoms with Crippen molar-refractivity contribution >= 4 is 23.6 Å². The molecule has 1 aromatic heterocycles. The third kappa shape index (κ3) is 4.66. The molecule has 2 amide bonds. The van der Waals surface area contributed by atoms with E-state index in [1.807, 2.05) is 18.2 Å². The zero-order valence-electron chi connectivity index (χ0n) is 18.1. The molecular formula is C24H20ClN5O4. The van der Waals surface area contributed by atoms with Crippen molar-refractivity contribution in [2.45, 2.75) is 18.0 Å². The van der Waals surface area contributed by atoms with Crippen LogP contribution >= 0.6 is 11.6 Å². The molecule has 172 valence electrons. The number of benzene rings is 2. The molecule has 1 unspecified atom stereocenters. The number of amides is 2. The van der Waals surface area contributed by atoms with E-state index < -0.39 is 30.0 Å². The van der Waals surface area contributed by atoms with Gasteiger partial charge in [-0.3, -0.25) is 4.79 Å². The van der Waals surface area contributed by atoms with Gasteiger partial charge in [-0.2, -0.15) is 0 Å². The predicted octanol–water partition coefficient (Wildman–Crippen LogP) is 5.27. The zero-order chi connectivity index (χ0) is 24.1. The Balaban J connectivity index is 1.79. The summed E-state index contributed by atoms with van der Waals surface area (Å²) in [7, 11) is 1.49. The number of halogens is 1. The number of hydrogen-bond acceptors (Lipinski definition) is 6. The van der Waals surface area contributed by atoms with Crippen LogP contribution in [0.3, 0.4) is 0 Å². The molecule has 9 nitrogen and oxygen atoms in total. The smallest absolute Gasteiger partial charge is 0.417 e. The summed E-state index contributed by atoms with van der Waals surface area (Å²) in [5.74, 6) is -1.04. The summed E-state index contributed by atoms with van der Waals surface area (Å²) in [5, 5.41) is 4.35. The molecule has 4 rings (SSSR count). The highest BCUT2D eigenvalue weighted by Gasteiger charge is 2.44. The van der Waals surface area contributed by atoms with E-state index in [4.69, 9.17) is 21.1 Å². The summed E-state index contributed by atoms with van der Waals surface area (Å²) < 4.78 is 10.3. The predicted molar refractivity (Wildman–Crippen MR) is 124 cm³/mol. The first kappa shape index (κ1) is 23.1. The number of imide groups is 1. The highest BCUT2D eigenvalue weighted by Crippen LogP contribution is 2.36. The number of aromatic nitrogens is 1. The highest BCUT2D eigenvalue weighted by atomic mass is 35.5. The van der Waals surface area contributed by atoms with Crippen LogP contribution in [0.5, 0.6) is 5.88 Å². The third-order valence-electron chi connectivity index (χ3n) is 5.60. The number of nitrogens with zero attached hydrogens (tertiary/aromatic N) is 5. The SMILES string of the molecule is COc1ccc([C@H](c2ccc(Cl)cc2)C(N=[N+]=[N-])C(=O)N2C(=O)OC[C@@H]2c2ccccc2)cn1. The quantitative estimate of drug-likeness (QED) is 0.261. The van der Waals surface area contributed by atoms with Gasteiger partial charge < -0.3 is 9.47 Å². The average molecular weight is 478 g/mol. The molecule has 2 heterocycles. The molecule has 34 heavy (non-hydrogen) atoms. The molecule has 1 aliphatic heterocycles. The summed E-state index contributed by atoms with van der Waals surface area (Å²) in [4.78, 5) is 34.6. The fourth-order valence-corrected chi connectivity index (χ4v) is 4.09. The van der Waals surface area contributed by atoms with E-state index in [1.54, 1.807) is 54.7 Å². The summed E-state index contributed by atoms with van der Waals surface area (Å²) in [6.45, 7) is 0.00722. The minimum atomic E-state index is -1.29. The number of hydrogen-bond donors (Lipinski definition) is 0. The minimum Gasteiger partial charge on any atom is -0.481 e. The molecule has 3 aromatic rings. The van der Waals surface area contributed by atoms with Crippen molar-refractivity contribution in [3.05, 3.63) is 105 Å². The Hall–Kier alpha value is -4.07. The normalized spacial score (nSPS) is 16.8. The molecule has 0 saturated carbocycles. The van der Waals surface area contributed by atoms with Gasteiger partial charge in [0.05, 0.1) is 7.11 Å². The van der Waals surface area contributed by atoms with Crippen LogP contribution in [0.2, 0.25) is 5.02 Å². The first-order valence-corrected chi connectivity index (χ1v) is 10.8. The second-order valence-corrected chi connectivity index (χ2v) is 7.96. The van der Waals surface area contributed by atoms with E-state index in [0.29, 0.717) is 22.0 Å². The fourth-order valence-electron chi connectivity index (χ4n) is 3.97. The van der Waals surface area contributed by atoms with Crippen molar-refractivity contribution in [1.29, 1.82) is 0 Å². The highest BCUT2D eigenvalue weighted by molar-refractivity contribution is 6.30. The van der Waals surface area contributed by atoms with E-state index in [9.17, 15) is 15.1 Å². The number of pyridine rings is 1. The molecule has 0 bridgehead atoms. The van der Waals surface area contributed by atoms with Crippen molar-refractivity contribution in [1.82, 2.24) is 9.88 Å². The lowest BCUT2D eigenvalue weighted by Gasteiger charge is -2.28. The summed E-state index contributed by atoms with van der Waals surface area (Å²) in [5.41, 5.74) is 11.3. The Morgan fingerprint density at radius 3 is 2.50 bits per heavy atom. The molecule has 0 radical (unpaired) electrons. The Bertz CT molecular complexity index is 1210. The van der Waals surface area contributed by atoms with E-state index in [-0.39, 0.29) is 6.61 Å². The van der Waals surface area contributed by atoms with Gasteiger partial charge in [-0.15, -0.1) is 0 Å². The van der Waals surface area contributed by atoms with E-state index in [1.165, 1.54) is 7.11 Å². The first-order valence-electron chi connectivity index (χ1n) is 10.4. The maximum Gasteiger partial charge on any atom is 0.417 e. The van der Waals surface area contributed by atoms with Gasteiger partial charge in [-0.25, -0.2) is 14.7 Å². The monoisotopic (exact) mass is 477 g/mol. The first-order chi connectivity index (χ1) is 16.5. The Morgan fingerprint density at radius 1 is 1.18 bits per heavy atom.